The molecule has 5 rings (SSSR count). The van der Waals surface area contributed by atoms with Crippen molar-refractivity contribution in [2.24, 2.45) is 0 Å². The number of nitrogens with two attached hydrogens (primary N) is 1. The van der Waals surface area contributed by atoms with Crippen molar-refractivity contribution in [1.82, 2.24) is 9.97 Å². The first-order valence-electron chi connectivity index (χ1n) is 9.26. The van der Waals surface area contributed by atoms with Gasteiger partial charge >= 0.3 is 0 Å². The molecule has 0 saturated heterocycles. The molecule has 0 unspecified atom stereocenters. The minimum Gasteiger partial charge on any atom is -0.383 e. The molecule has 5 heteroatoms. The minimum absolute atomic E-state index is 0.290. The smallest absolute Gasteiger partial charge is 0.142 e. The summed E-state index contributed by atoms with van der Waals surface area (Å²) in [5.74, 6) is 0.290. The summed E-state index contributed by atoms with van der Waals surface area (Å²) >= 11 is 1.62. The molecule has 0 spiro atoms. The quantitative estimate of drug-likeness (QED) is 0.465. The molecule has 27 heavy (non-hydrogen) atoms. The van der Waals surface area contributed by atoms with Crippen molar-refractivity contribution in [3.8, 4) is 17.2 Å². The van der Waals surface area contributed by atoms with E-state index in [0.717, 1.165) is 44.4 Å². The molecule has 1 aromatic carbocycles. The third kappa shape index (κ3) is 2.56. The molecule has 0 bridgehead atoms. The second-order valence-corrected chi connectivity index (χ2v) is 8.01. The largest absolute Gasteiger partial charge is 0.383 e. The molecule has 0 radical (unpaired) electrons. The van der Waals surface area contributed by atoms with Crippen LogP contribution in [0, 0.1) is 11.3 Å². The molecule has 2 N–H and O–H groups in total. The highest BCUT2D eigenvalue weighted by atomic mass is 32.1. The van der Waals surface area contributed by atoms with Crippen LogP contribution in [0.25, 0.3) is 31.6 Å². The fourth-order valence-corrected chi connectivity index (χ4v) is 5.19. The van der Waals surface area contributed by atoms with Crippen LogP contribution in [0.1, 0.15) is 36.1 Å². The molecule has 0 amide bonds. The monoisotopic (exact) mass is 370 g/mol. The van der Waals surface area contributed by atoms with Crippen molar-refractivity contribution in [2.45, 2.75) is 32.1 Å². The predicted molar refractivity (Wildman–Crippen MR) is 111 cm³/mol. The van der Waals surface area contributed by atoms with E-state index >= 15 is 0 Å². The van der Waals surface area contributed by atoms with Crippen LogP contribution in [-0.2, 0) is 12.8 Å². The zero-order chi connectivity index (χ0) is 18.4. The second kappa shape index (κ2) is 6.33. The lowest BCUT2D eigenvalue weighted by atomic mass is 10.00. The number of thiophene rings is 1. The Balaban J connectivity index is 1.88. The topological polar surface area (TPSA) is 75.6 Å². The zero-order valence-corrected chi connectivity index (χ0v) is 15.6. The molecular formula is C22H18N4S. The van der Waals surface area contributed by atoms with Gasteiger partial charge in [0.2, 0.25) is 0 Å². The molecular weight excluding hydrogens is 352 g/mol. The van der Waals surface area contributed by atoms with Gasteiger partial charge in [0.1, 0.15) is 22.3 Å². The Kier molecular flexibility index (Phi) is 3.80. The minimum atomic E-state index is 0.290. The van der Waals surface area contributed by atoms with Crippen molar-refractivity contribution < 1.29 is 0 Å². The summed E-state index contributed by atoms with van der Waals surface area (Å²) in [5, 5.41) is 10.8. The van der Waals surface area contributed by atoms with Crippen LogP contribution in [0.2, 0.25) is 0 Å². The van der Waals surface area contributed by atoms with Gasteiger partial charge in [-0.2, -0.15) is 5.26 Å². The van der Waals surface area contributed by atoms with E-state index in [9.17, 15) is 5.26 Å². The zero-order valence-electron chi connectivity index (χ0n) is 14.8. The van der Waals surface area contributed by atoms with Gasteiger partial charge in [-0.1, -0.05) is 36.8 Å². The summed E-state index contributed by atoms with van der Waals surface area (Å²) in [4.78, 5) is 10.6. The van der Waals surface area contributed by atoms with E-state index in [-0.39, 0.29) is 0 Å². The molecule has 0 fully saturated rings. The summed E-state index contributed by atoms with van der Waals surface area (Å²) in [5.41, 5.74) is 11.9. The van der Waals surface area contributed by atoms with Crippen LogP contribution < -0.4 is 5.73 Å². The Bertz CT molecular complexity index is 1220. The van der Waals surface area contributed by atoms with E-state index in [4.69, 9.17) is 10.7 Å². The lowest BCUT2D eigenvalue weighted by Crippen LogP contribution is -1.98. The maximum atomic E-state index is 9.72. The maximum absolute atomic E-state index is 9.72. The fraction of sp³-hybridized carbons (Fsp3) is 0.227. The predicted octanol–water partition coefficient (Wildman–Crippen LogP) is 5.23. The Labute approximate surface area is 161 Å². The molecule has 0 saturated carbocycles. The van der Waals surface area contributed by atoms with Gasteiger partial charge in [0.25, 0.3) is 0 Å². The molecule has 4 nitrogen and oxygen atoms in total. The number of aryl methyl sites for hydroxylation is 2. The Morgan fingerprint density at radius 2 is 1.85 bits per heavy atom. The second-order valence-electron chi connectivity index (χ2n) is 7.01. The summed E-state index contributed by atoms with van der Waals surface area (Å²) in [7, 11) is 0. The number of rotatable bonds is 1. The lowest BCUT2D eigenvalue weighted by Gasteiger charge is -2.08. The highest BCUT2D eigenvalue weighted by Crippen LogP contribution is 2.42. The third-order valence-electron chi connectivity index (χ3n) is 5.32. The average molecular weight is 370 g/mol. The normalized spacial score (nSPS) is 14.0. The Morgan fingerprint density at radius 3 is 2.67 bits per heavy atom. The summed E-state index contributed by atoms with van der Waals surface area (Å²) < 4.78 is 0.995. The average Bonchev–Trinajstić information content (AvgIpc) is 2.87. The van der Waals surface area contributed by atoms with E-state index in [2.05, 4.69) is 17.1 Å². The number of aromatic nitrogens is 2. The van der Waals surface area contributed by atoms with Gasteiger partial charge in [0.05, 0.1) is 10.2 Å². The first kappa shape index (κ1) is 16.2. The molecule has 132 valence electrons. The molecule has 3 heterocycles. The van der Waals surface area contributed by atoms with Crippen LogP contribution in [0.3, 0.4) is 0 Å². The van der Waals surface area contributed by atoms with Gasteiger partial charge < -0.3 is 5.73 Å². The number of nitriles is 1. The first-order valence-corrected chi connectivity index (χ1v) is 10.1. The Morgan fingerprint density at radius 1 is 1.04 bits per heavy atom. The molecule has 1 aliphatic carbocycles. The van der Waals surface area contributed by atoms with Gasteiger partial charge in [0.15, 0.2) is 0 Å². The standard InChI is InChI=1S/C22H18N4S/c23-12-16-18(13-7-3-1-4-8-13)20-19(26-21(16)24)15-11-14-9-5-2-6-10-17(14)25-22(15)27-20/h1,3-4,7-8,11H,2,5-6,9-10H2,(H2,24,26). The van der Waals surface area contributed by atoms with E-state index < -0.39 is 0 Å². The van der Waals surface area contributed by atoms with Gasteiger partial charge in [-0.3, -0.25) is 0 Å². The van der Waals surface area contributed by atoms with Crippen LogP contribution in [0.4, 0.5) is 5.82 Å². The maximum Gasteiger partial charge on any atom is 0.142 e. The Hall–Kier alpha value is -2.97. The third-order valence-corrected chi connectivity index (χ3v) is 6.43. The van der Waals surface area contributed by atoms with Crippen molar-refractivity contribution in [2.75, 3.05) is 5.73 Å². The summed E-state index contributed by atoms with van der Waals surface area (Å²) in [6.07, 6.45) is 5.80. The van der Waals surface area contributed by atoms with E-state index in [1.165, 1.54) is 30.5 Å². The summed E-state index contributed by atoms with van der Waals surface area (Å²) in [6.45, 7) is 0. The highest BCUT2D eigenvalue weighted by Gasteiger charge is 2.21. The molecule has 4 aromatic rings. The molecule has 0 atom stereocenters. The fourth-order valence-electron chi connectivity index (χ4n) is 4.00. The van der Waals surface area contributed by atoms with E-state index in [1.54, 1.807) is 11.3 Å². The first-order chi connectivity index (χ1) is 13.3. The van der Waals surface area contributed by atoms with Crippen LogP contribution in [0.5, 0.6) is 0 Å². The number of anilines is 1. The summed E-state index contributed by atoms with van der Waals surface area (Å²) in [6, 6.07) is 14.5. The van der Waals surface area contributed by atoms with Crippen LogP contribution >= 0.6 is 11.3 Å². The number of nitrogen functional groups attached to an aromatic ring is 1. The number of hydrogen-bond donors (Lipinski definition) is 1. The van der Waals surface area contributed by atoms with Crippen molar-refractivity contribution in [1.29, 1.82) is 5.26 Å². The van der Waals surface area contributed by atoms with Crippen molar-refractivity contribution >= 4 is 37.6 Å². The van der Waals surface area contributed by atoms with E-state index in [0.29, 0.717) is 11.4 Å². The SMILES string of the molecule is N#Cc1c(N)nc2c(sc3nc4c(cc32)CCCCC4)c1-c1ccccc1. The lowest BCUT2D eigenvalue weighted by molar-refractivity contribution is 0.709. The van der Waals surface area contributed by atoms with Crippen LogP contribution in [0.15, 0.2) is 36.4 Å². The molecule has 1 aliphatic rings. The van der Waals surface area contributed by atoms with Gasteiger partial charge in [0, 0.05) is 16.6 Å². The van der Waals surface area contributed by atoms with Gasteiger partial charge in [-0.25, -0.2) is 9.97 Å². The molecule has 3 aromatic heterocycles. The highest BCUT2D eigenvalue weighted by molar-refractivity contribution is 7.26. The van der Waals surface area contributed by atoms with E-state index in [1.807, 2.05) is 30.3 Å². The number of hydrogen-bond acceptors (Lipinski definition) is 5. The van der Waals surface area contributed by atoms with Gasteiger partial charge in [-0.15, -0.1) is 11.3 Å². The molecule has 0 aliphatic heterocycles. The van der Waals surface area contributed by atoms with Gasteiger partial charge in [-0.05, 0) is 42.9 Å². The number of pyridine rings is 2. The van der Waals surface area contributed by atoms with Crippen LogP contribution in [-0.4, -0.2) is 9.97 Å². The van der Waals surface area contributed by atoms with Crippen molar-refractivity contribution in [3.63, 3.8) is 0 Å². The number of benzene rings is 1. The number of nitrogens with zero attached hydrogens (tertiary/aromatic N) is 3. The van der Waals surface area contributed by atoms with Crippen molar-refractivity contribution in [3.05, 3.63) is 53.2 Å². The number of fused-ring (bicyclic) bond motifs is 4.